The Morgan fingerprint density at radius 1 is 1.22 bits per heavy atom. The summed E-state index contributed by atoms with van der Waals surface area (Å²) in [5, 5.41) is 26.8. The summed E-state index contributed by atoms with van der Waals surface area (Å²) in [5.74, 6) is 4.73. The maximum atomic E-state index is 10.7. The van der Waals surface area contributed by atoms with Crippen molar-refractivity contribution < 1.29 is 20.1 Å². The van der Waals surface area contributed by atoms with Gasteiger partial charge in [0, 0.05) is 6.42 Å². The Labute approximate surface area is 106 Å². The molecule has 1 aromatic rings. The maximum Gasteiger partial charge on any atom is 0.335 e. The van der Waals surface area contributed by atoms with Crippen LogP contribution in [0.1, 0.15) is 22.8 Å². The fraction of sp³-hybridized carbons (Fsp3) is 0.357. The van der Waals surface area contributed by atoms with Crippen molar-refractivity contribution in [1.29, 1.82) is 0 Å². The number of carboxylic acids is 1. The minimum atomic E-state index is -0.958. The van der Waals surface area contributed by atoms with E-state index in [1.807, 2.05) is 0 Å². The van der Waals surface area contributed by atoms with Gasteiger partial charge in [-0.1, -0.05) is 24.0 Å². The van der Waals surface area contributed by atoms with Gasteiger partial charge in [-0.05, 0) is 24.6 Å². The van der Waals surface area contributed by atoms with Crippen LogP contribution in [0.25, 0.3) is 0 Å². The molecule has 4 heteroatoms. The smallest absolute Gasteiger partial charge is 0.335 e. The van der Waals surface area contributed by atoms with Gasteiger partial charge in [0.25, 0.3) is 0 Å². The van der Waals surface area contributed by atoms with Crippen molar-refractivity contribution in [1.82, 2.24) is 0 Å². The summed E-state index contributed by atoms with van der Waals surface area (Å²) < 4.78 is 0. The van der Waals surface area contributed by atoms with Crippen molar-refractivity contribution in [2.45, 2.75) is 13.3 Å². The summed E-state index contributed by atoms with van der Waals surface area (Å²) in [5.41, 5.74) is 0.342. The summed E-state index contributed by atoms with van der Waals surface area (Å²) in [6.07, 6.45) is 0.454. The number of aliphatic hydroxyl groups excluding tert-OH is 2. The monoisotopic (exact) mass is 248 g/mol. The zero-order valence-corrected chi connectivity index (χ0v) is 10.2. The number of carbonyl (C=O) groups is 1. The van der Waals surface area contributed by atoms with Gasteiger partial charge in [-0.15, -0.1) is 0 Å². The van der Waals surface area contributed by atoms with E-state index < -0.39 is 11.4 Å². The van der Waals surface area contributed by atoms with Crippen LogP contribution in [-0.2, 0) is 6.42 Å². The maximum absolute atomic E-state index is 10.7. The highest BCUT2D eigenvalue weighted by molar-refractivity contribution is 5.87. The van der Waals surface area contributed by atoms with Crippen LogP contribution in [0, 0.1) is 17.3 Å². The van der Waals surface area contributed by atoms with Crippen molar-refractivity contribution in [3.05, 3.63) is 35.4 Å². The highest BCUT2D eigenvalue weighted by Crippen LogP contribution is 2.12. The third-order valence-electron chi connectivity index (χ3n) is 2.58. The van der Waals surface area contributed by atoms with Crippen LogP contribution in [0.4, 0.5) is 0 Å². The minimum absolute atomic E-state index is 0.200. The molecule has 4 nitrogen and oxygen atoms in total. The molecule has 0 unspecified atom stereocenters. The standard InChI is InChI=1S/C14H16O4/c1-14(9-15,10-16)8-2-3-11-4-6-12(7-5-11)13(17)18/h4-7,15-16H,3,9-10H2,1H3,(H,17,18). The molecule has 0 aromatic heterocycles. The van der Waals surface area contributed by atoms with E-state index >= 15 is 0 Å². The molecule has 96 valence electrons. The lowest BCUT2D eigenvalue weighted by Gasteiger charge is -2.16. The van der Waals surface area contributed by atoms with E-state index in [0.717, 1.165) is 5.56 Å². The number of aromatic carboxylic acids is 1. The predicted molar refractivity (Wildman–Crippen MR) is 67.2 cm³/mol. The highest BCUT2D eigenvalue weighted by atomic mass is 16.4. The van der Waals surface area contributed by atoms with Crippen LogP contribution >= 0.6 is 0 Å². The Hall–Kier alpha value is -1.83. The van der Waals surface area contributed by atoms with Crippen molar-refractivity contribution >= 4 is 5.97 Å². The third-order valence-corrected chi connectivity index (χ3v) is 2.58. The second kappa shape index (κ2) is 6.20. The molecule has 3 N–H and O–H groups in total. The van der Waals surface area contributed by atoms with Crippen LogP contribution in [0.5, 0.6) is 0 Å². The zero-order chi connectivity index (χ0) is 13.6. The number of benzene rings is 1. The van der Waals surface area contributed by atoms with Crippen molar-refractivity contribution in [2.24, 2.45) is 5.41 Å². The van der Waals surface area contributed by atoms with Gasteiger partial charge in [0.15, 0.2) is 0 Å². The molecule has 0 aliphatic carbocycles. The second-order valence-electron chi connectivity index (χ2n) is 4.36. The van der Waals surface area contributed by atoms with Gasteiger partial charge in [-0.3, -0.25) is 0 Å². The molecule has 0 bridgehead atoms. The van der Waals surface area contributed by atoms with Crippen LogP contribution in [0.15, 0.2) is 24.3 Å². The van der Waals surface area contributed by atoms with Gasteiger partial charge in [0.05, 0.1) is 24.2 Å². The fourth-order valence-electron chi connectivity index (χ4n) is 1.25. The van der Waals surface area contributed by atoms with E-state index in [4.69, 9.17) is 15.3 Å². The first kappa shape index (κ1) is 14.2. The fourth-order valence-corrected chi connectivity index (χ4v) is 1.25. The molecule has 0 aliphatic rings. The summed E-state index contributed by atoms with van der Waals surface area (Å²) in [7, 11) is 0. The Morgan fingerprint density at radius 3 is 2.22 bits per heavy atom. The van der Waals surface area contributed by atoms with Crippen molar-refractivity contribution in [2.75, 3.05) is 13.2 Å². The van der Waals surface area contributed by atoms with Gasteiger partial charge in [-0.25, -0.2) is 4.79 Å². The first-order valence-corrected chi connectivity index (χ1v) is 5.55. The lowest BCUT2D eigenvalue weighted by Crippen LogP contribution is -2.23. The molecule has 18 heavy (non-hydrogen) atoms. The Kier molecular flexibility index (Phi) is 4.90. The molecule has 0 atom stereocenters. The van der Waals surface area contributed by atoms with Crippen LogP contribution in [0.3, 0.4) is 0 Å². The molecule has 0 heterocycles. The first-order chi connectivity index (χ1) is 8.50. The van der Waals surface area contributed by atoms with Crippen LogP contribution in [0.2, 0.25) is 0 Å². The Morgan fingerprint density at radius 2 is 1.78 bits per heavy atom. The summed E-state index contributed by atoms with van der Waals surface area (Å²) in [6.45, 7) is 1.27. The summed E-state index contributed by atoms with van der Waals surface area (Å²) in [6, 6.07) is 6.45. The number of carboxylic acid groups (broad SMARTS) is 1. The van der Waals surface area contributed by atoms with Gasteiger partial charge in [0.2, 0.25) is 0 Å². The average molecular weight is 248 g/mol. The quantitative estimate of drug-likeness (QED) is 0.692. The molecule has 0 aliphatic heterocycles. The first-order valence-electron chi connectivity index (χ1n) is 5.55. The topological polar surface area (TPSA) is 77.8 Å². The normalized spacial score (nSPS) is 10.6. The molecule has 0 fully saturated rings. The summed E-state index contributed by atoms with van der Waals surface area (Å²) in [4.78, 5) is 10.7. The largest absolute Gasteiger partial charge is 0.478 e. The highest BCUT2D eigenvalue weighted by Gasteiger charge is 2.18. The molecule has 0 radical (unpaired) electrons. The van der Waals surface area contributed by atoms with E-state index in [0.29, 0.717) is 6.42 Å². The van der Waals surface area contributed by atoms with Crippen LogP contribution in [-0.4, -0.2) is 34.5 Å². The van der Waals surface area contributed by atoms with E-state index in [2.05, 4.69) is 11.8 Å². The molecular formula is C14H16O4. The molecule has 0 saturated heterocycles. The molecule has 0 amide bonds. The predicted octanol–water partition coefficient (Wildman–Crippen LogP) is 0.922. The molecule has 0 spiro atoms. The number of aliphatic hydroxyl groups is 2. The molecular weight excluding hydrogens is 232 g/mol. The average Bonchev–Trinajstić information content (AvgIpc) is 2.39. The van der Waals surface area contributed by atoms with Gasteiger partial charge in [0.1, 0.15) is 0 Å². The van der Waals surface area contributed by atoms with E-state index in [1.165, 1.54) is 12.1 Å². The number of rotatable bonds is 4. The third kappa shape index (κ3) is 3.88. The molecule has 0 saturated carbocycles. The lowest BCUT2D eigenvalue weighted by molar-refractivity contribution is 0.0697. The SMILES string of the molecule is CC(C#CCc1ccc(C(=O)O)cc1)(CO)CO. The molecule has 1 rings (SSSR count). The molecule has 1 aromatic carbocycles. The summed E-state index contributed by atoms with van der Waals surface area (Å²) >= 11 is 0. The second-order valence-corrected chi connectivity index (χ2v) is 4.36. The Bertz CT molecular complexity index is 461. The van der Waals surface area contributed by atoms with Crippen molar-refractivity contribution in [3.8, 4) is 11.8 Å². The van der Waals surface area contributed by atoms with E-state index in [-0.39, 0.29) is 18.8 Å². The lowest BCUT2D eigenvalue weighted by atomic mass is 9.93. The zero-order valence-electron chi connectivity index (χ0n) is 10.2. The van der Waals surface area contributed by atoms with E-state index in [9.17, 15) is 4.79 Å². The minimum Gasteiger partial charge on any atom is -0.478 e. The van der Waals surface area contributed by atoms with Crippen molar-refractivity contribution in [3.63, 3.8) is 0 Å². The van der Waals surface area contributed by atoms with Gasteiger partial charge in [-0.2, -0.15) is 0 Å². The number of hydrogen-bond acceptors (Lipinski definition) is 3. The Balaban J connectivity index is 2.70. The van der Waals surface area contributed by atoms with E-state index in [1.54, 1.807) is 19.1 Å². The van der Waals surface area contributed by atoms with Gasteiger partial charge >= 0.3 is 5.97 Å². The van der Waals surface area contributed by atoms with Crippen LogP contribution < -0.4 is 0 Å². The number of hydrogen-bond donors (Lipinski definition) is 3. The van der Waals surface area contributed by atoms with Gasteiger partial charge < -0.3 is 15.3 Å².